The van der Waals surface area contributed by atoms with E-state index in [4.69, 9.17) is 10.5 Å². The molecule has 1 aliphatic rings. The molecule has 1 aromatic carbocycles. The third-order valence-electron chi connectivity index (χ3n) is 3.79. The van der Waals surface area contributed by atoms with Crippen LogP contribution in [0.5, 0.6) is 0 Å². The molecule has 0 saturated carbocycles. The van der Waals surface area contributed by atoms with Crippen molar-refractivity contribution >= 4 is 15.9 Å². The maximum Gasteiger partial charge on any atom is 0.0702 e. The first-order valence-corrected chi connectivity index (χ1v) is 7.78. The molecule has 1 saturated heterocycles. The maximum atomic E-state index is 5.98. The van der Waals surface area contributed by atoms with Gasteiger partial charge in [0, 0.05) is 30.2 Å². The number of hydrogen-bond donors (Lipinski definition) is 1. The lowest BCUT2D eigenvalue weighted by Gasteiger charge is -2.33. The van der Waals surface area contributed by atoms with Gasteiger partial charge in [0.2, 0.25) is 0 Å². The van der Waals surface area contributed by atoms with Gasteiger partial charge in [-0.15, -0.1) is 0 Å². The predicted octanol–water partition coefficient (Wildman–Crippen LogP) is 2.95. The zero-order chi connectivity index (χ0) is 13.7. The Morgan fingerprint density at radius 2 is 2.21 bits per heavy atom. The van der Waals surface area contributed by atoms with Crippen molar-refractivity contribution in [3.63, 3.8) is 0 Å². The third-order valence-corrected chi connectivity index (χ3v) is 4.51. The van der Waals surface area contributed by atoms with E-state index in [2.05, 4.69) is 46.1 Å². The molecule has 0 aliphatic carbocycles. The van der Waals surface area contributed by atoms with E-state index in [1.54, 1.807) is 0 Å². The number of halogens is 1. The summed E-state index contributed by atoms with van der Waals surface area (Å²) >= 11 is 3.62. The lowest BCUT2D eigenvalue weighted by Crippen LogP contribution is -2.38. The summed E-state index contributed by atoms with van der Waals surface area (Å²) in [6, 6.07) is 8.54. The average molecular weight is 327 g/mol. The molecule has 2 rings (SSSR count). The zero-order valence-corrected chi connectivity index (χ0v) is 13.1. The van der Waals surface area contributed by atoms with E-state index in [-0.39, 0.29) is 6.04 Å². The summed E-state index contributed by atoms with van der Waals surface area (Å²) in [5.41, 5.74) is 7.23. The molecule has 19 heavy (non-hydrogen) atoms. The Balaban J connectivity index is 2.02. The highest BCUT2D eigenvalue weighted by molar-refractivity contribution is 9.10. The Bertz CT molecular complexity index is 393. The van der Waals surface area contributed by atoms with Gasteiger partial charge in [0.1, 0.15) is 0 Å². The molecular weight excluding hydrogens is 304 g/mol. The molecule has 4 heteroatoms. The van der Waals surface area contributed by atoms with Gasteiger partial charge < -0.3 is 10.5 Å². The van der Waals surface area contributed by atoms with Crippen LogP contribution in [0, 0.1) is 0 Å². The summed E-state index contributed by atoms with van der Waals surface area (Å²) in [7, 11) is 2.13. The minimum absolute atomic E-state index is 0.237. The van der Waals surface area contributed by atoms with Crippen molar-refractivity contribution < 1.29 is 4.74 Å². The molecule has 0 spiro atoms. The smallest absolute Gasteiger partial charge is 0.0702 e. The molecule has 1 aliphatic heterocycles. The molecule has 2 atom stereocenters. The van der Waals surface area contributed by atoms with Crippen LogP contribution in [0.4, 0.5) is 0 Å². The van der Waals surface area contributed by atoms with Gasteiger partial charge in [0.25, 0.3) is 0 Å². The lowest BCUT2D eigenvalue weighted by molar-refractivity contribution is -0.00782. The molecule has 2 N–H and O–H groups in total. The van der Waals surface area contributed by atoms with Crippen LogP contribution in [0.3, 0.4) is 0 Å². The van der Waals surface area contributed by atoms with Gasteiger partial charge in [0.05, 0.1) is 6.10 Å². The SMILES string of the molecule is CN(CC1CCCCO1)C(CN)c1ccccc1Br. The lowest BCUT2D eigenvalue weighted by atomic mass is 10.0. The van der Waals surface area contributed by atoms with Crippen molar-refractivity contribution in [3.8, 4) is 0 Å². The van der Waals surface area contributed by atoms with E-state index >= 15 is 0 Å². The average Bonchev–Trinajstić information content (AvgIpc) is 2.43. The van der Waals surface area contributed by atoms with Gasteiger partial charge in [-0.25, -0.2) is 0 Å². The standard InChI is InChI=1S/C15H23BrN2O/c1-18(11-12-6-4-5-9-19-12)15(10-17)13-7-2-3-8-14(13)16/h2-3,7-8,12,15H,4-6,9-11,17H2,1H3. The topological polar surface area (TPSA) is 38.5 Å². The third kappa shape index (κ3) is 4.02. The number of hydrogen-bond acceptors (Lipinski definition) is 3. The first-order chi connectivity index (χ1) is 9.22. The van der Waals surface area contributed by atoms with Crippen LogP contribution in [0.1, 0.15) is 30.9 Å². The van der Waals surface area contributed by atoms with Crippen LogP contribution in [0.2, 0.25) is 0 Å². The Morgan fingerprint density at radius 1 is 1.42 bits per heavy atom. The van der Waals surface area contributed by atoms with Crippen molar-refractivity contribution in [2.45, 2.75) is 31.4 Å². The molecule has 106 valence electrons. The summed E-state index contributed by atoms with van der Waals surface area (Å²) in [6.07, 6.45) is 4.00. The monoisotopic (exact) mass is 326 g/mol. The van der Waals surface area contributed by atoms with E-state index in [1.165, 1.54) is 18.4 Å². The summed E-state index contributed by atoms with van der Waals surface area (Å²) in [6.45, 7) is 2.47. The van der Waals surface area contributed by atoms with Crippen molar-refractivity contribution in [2.75, 3.05) is 26.7 Å². The molecule has 0 radical (unpaired) electrons. The summed E-state index contributed by atoms with van der Waals surface area (Å²) in [4.78, 5) is 2.32. The molecule has 0 aromatic heterocycles. The van der Waals surface area contributed by atoms with E-state index in [1.807, 2.05) is 6.07 Å². The number of benzene rings is 1. The fourth-order valence-electron chi connectivity index (χ4n) is 2.69. The van der Waals surface area contributed by atoms with E-state index in [9.17, 15) is 0 Å². The van der Waals surface area contributed by atoms with E-state index in [0.29, 0.717) is 12.6 Å². The van der Waals surface area contributed by atoms with E-state index in [0.717, 1.165) is 24.0 Å². The Morgan fingerprint density at radius 3 is 2.84 bits per heavy atom. The number of ether oxygens (including phenoxy) is 1. The van der Waals surface area contributed by atoms with Crippen LogP contribution in [-0.4, -0.2) is 37.7 Å². The van der Waals surface area contributed by atoms with Gasteiger partial charge in [-0.2, -0.15) is 0 Å². The highest BCUT2D eigenvalue weighted by atomic mass is 79.9. The Kier molecular flexibility index (Phi) is 5.82. The largest absolute Gasteiger partial charge is 0.377 e. The zero-order valence-electron chi connectivity index (χ0n) is 11.5. The first kappa shape index (κ1) is 15.0. The van der Waals surface area contributed by atoms with Crippen molar-refractivity contribution in [1.82, 2.24) is 4.90 Å². The molecule has 2 unspecified atom stereocenters. The molecule has 3 nitrogen and oxygen atoms in total. The fraction of sp³-hybridized carbons (Fsp3) is 0.600. The summed E-state index contributed by atoms with van der Waals surface area (Å²) < 4.78 is 6.94. The van der Waals surface area contributed by atoms with Gasteiger partial charge in [-0.3, -0.25) is 4.90 Å². The van der Waals surface area contributed by atoms with Gasteiger partial charge in [-0.1, -0.05) is 34.1 Å². The van der Waals surface area contributed by atoms with E-state index < -0.39 is 0 Å². The molecule has 0 amide bonds. The van der Waals surface area contributed by atoms with Gasteiger partial charge in [-0.05, 0) is 37.9 Å². The molecule has 1 fully saturated rings. The number of rotatable bonds is 5. The van der Waals surface area contributed by atoms with Gasteiger partial charge in [0.15, 0.2) is 0 Å². The molecule has 1 heterocycles. The molecular formula is C15H23BrN2O. The number of nitrogens with zero attached hydrogens (tertiary/aromatic N) is 1. The quantitative estimate of drug-likeness (QED) is 0.904. The highest BCUT2D eigenvalue weighted by Crippen LogP contribution is 2.27. The highest BCUT2D eigenvalue weighted by Gasteiger charge is 2.22. The van der Waals surface area contributed by atoms with Crippen LogP contribution >= 0.6 is 15.9 Å². The van der Waals surface area contributed by atoms with Crippen molar-refractivity contribution in [3.05, 3.63) is 34.3 Å². The van der Waals surface area contributed by atoms with Crippen molar-refractivity contribution in [2.24, 2.45) is 5.73 Å². The maximum absolute atomic E-state index is 5.98. The molecule has 1 aromatic rings. The van der Waals surface area contributed by atoms with Crippen LogP contribution in [0.25, 0.3) is 0 Å². The predicted molar refractivity (Wildman–Crippen MR) is 82.2 cm³/mol. The van der Waals surface area contributed by atoms with Crippen LogP contribution in [0.15, 0.2) is 28.7 Å². The summed E-state index contributed by atoms with van der Waals surface area (Å²) in [5.74, 6) is 0. The minimum Gasteiger partial charge on any atom is -0.377 e. The number of nitrogens with two attached hydrogens (primary N) is 1. The second-order valence-corrected chi connectivity index (χ2v) is 6.06. The molecule has 0 bridgehead atoms. The van der Waals surface area contributed by atoms with Gasteiger partial charge >= 0.3 is 0 Å². The Hall–Kier alpha value is -0.420. The van der Waals surface area contributed by atoms with Crippen LogP contribution in [-0.2, 0) is 4.74 Å². The second-order valence-electron chi connectivity index (χ2n) is 5.20. The normalized spacial score (nSPS) is 21.6. The first-order valence-electron chi connectivity index (χ1n) is 6.98. The van der Waals surface area contributed by atoms with Crippen LogP contribution < -0.4 is 5.73 Å². The number of likely N-dealkylation sites (N-methyl/N-ethyl adjacent to an activating group) is 1. The fourth-order valence-corrected chi connectivity index (χ4v) is 3.24. The van der Waals surface area contributed by atoms with Crippen molar-refractivity contribution in [1.29, 1.82) is 0 Å². The Labute approximate surface area is 124 Å². The second kappa shape index (κ2) is 7.39. The minimum atomic E-state index is 0.237. The summed E-state index contributed by atoms with van der Waals surface area (Å²) in [5, 5.41) is 0.